The van der Waals surface area contributed by atoms with Gasteiger partial charge in [-0.2, -0.15) is 0 Å². The van der Waals surface area contributed by atoms with Gasteiger partial charge in [0.25, 0.3) is 0 Å². The van der Waals surface area contributed by atoms with Crippen LogP contribution in [0.1, 0.15) is 26.3 Å². The zero-order valence-electron chi connectivity index (χ0n) is 12.2. The van der Waals surface area contributed by atoms with Crippen molar-refractivity contribution in [2.45, 2.75) is 39.3 Å². The Morgan fingerprint density at radius 2 is 1.83 bits per heavy atom. The van der Waals surface area contributed by atoms with Crippen molar-refractivity contribution in [1.29, 1.82) is 0 Å². The molecule has 0 aromatic heterocycles. The van der Waals surface area contributed by atoms with E-state index < -0.39 is 5.60 Å². The molecule has 0 heterocycles. The van der Waals surface area contributed by atoms with Crippen LogP contribution in [0.4, 0.5) is 5.69 Å². The van der Waals surface area contributed by atoms with E-state index in [0.717, 1.165) is 5.69 Å². The number of nitrogens with zero attached hydrogens (tertiary/aromatic N) is 1. The Labute approximate surface area is 111 Å². The highest BCUT2D eigenvalue weighted by atomic mass is 16.3. The summed E-state index contributed by atoms with van der Waals surface area (Å²) in [6, 6.07) is 8.74. The van der Waals surface area contributed by atoms with Gasteiger partial charge in [0.1, 0.15) is 0 Å². The molecule has 3 nitrogen and oxygen atoms in total. The molecule has 1 aromatic carbocycles. The summed E-state index contributed by atoms with van der Waals surface area (Å²) in [5.41, 5.74) is 1.65. The average Bonchev–Trinajstić information content (AvgIpc) is 2.27. The van der Waals surface area contributed by atoms with Crippen molar-refractivity contribution in [1.82, 2.24) is 5.32 Å². The van der Waals surface area contributed by atoms with Crippen molar-refractivity contribution >= 4 is 5.69 Å². The number of anilines is 1. The summed E-state index contributed by atoms with van der Waals surface area (Å²) in [7, 11) is 2.01. The molecule has 0 spiro atoms. The summed E-state index contributed by atoms with van der Waals surface area (Å²) in [5, 5.41) is 13.6. The first-order chi connectivity index (χ1) is 8.30. The van der Waals surface area contributed by atoms with Crippen molar-refractivity contribution in [3.63, 3.8) is 0 Å². The van der Waals surface area contributed by atoms with Crippen molar-refractivity contribution < 1.29 is 5.11 Å². The standard InChI is InChI=1S/C15H26N2O/c1-12(2)16-10-15(4,18)11-17(5)14-8-6-13(3)7-9-14/h6-9,12,16,18H,10-11H2,1-5H3. The first-order valence-electron chi connectivity index (χ1n) is 6.54. The van der Waals surface area contributed by atoms with Gasteiger partial charge in [0.05, 0.1) is 5.60 Å². The number of benzene rings is 1. The molecule has 0 fully saturated rings. The number of aryl methyl sites for hydroxylation is 1. The topological polar surface area (TPSA) is 35.5 Å². The fourth-order valence-electron chi connectivity index (χ4n) is 1.88. The molecule has 0 amide bonds. The van der Waals surface area contributed by atoms with Crippen molar-refractivity contribution in [2.24, 2.45) is 0 Å². The largest absolute Gasteiger partial charge is 0.387 e. The molecular formula is C15H26N2O. The third-order valence-corrected chi connectivity index (χ3v) is 2.94. The molecule has 2 N–H and O–H groups in total. The highest BCUT2D eigenvalue weighted by molar-refractivity contribution is 5.47. The van der Waals surface area contributed by atoms with E-state index >= 15 is 0 Å². The lowest BCUT2D eigenvalue weighted by Gasteiger charge is -2.31. The summed E-state index contributed by atoms with van der Waals surface area (Å²) in [6.45, 7) is 9.32. The summed E-state index contributed by atoms with van der Waals surface area (Å²) in [4.78, 5) is 2.08. The van der Waals surface area contributed by atoms with Gasteiger partial charge in [-0.15, -0.1) is 0 Å². The minimum Gasteiger partial charge on any atom is -0.387 e. The number of aliphatic hydroxyl groups is 1. The Kier molecular flexibility index (Phi) is 5.17. The Morgan fingerprint density at radius 3 is 2.33 bits per heavy atom. The van der Waals surface area contributed by atoms with Gasteiger partial charge in [-0.3, -0.25) is 0 Å². The van der Waals surface area contributed by atoms with Gasteiger partial charge in [-0.05, 0) is 26.0 Å². The molecule has 1 unspecified atom stereocenters. The second kappa shape index (κ2) is 6.21. The van der Waals surface area contributed by atoms with Gasteiger partial charge in [-0.25, -0.2) is 0 Å². The highest BCUT2D eigenvalue weighted by Gasteiger charge is 2.22. The number of rotatable bonds is 6. The van der Waals surface area contributed by atoms with E-state index in [9.17, 15) is 5.11 Å². The SMILES string of the molecule is Cc1ccc(N(C)CC(C)(O)CNC(C)C)cc1. The summed E-state index contributed by atoms with van der Waals surface area (Å²) in [5.74, 6) is 0. The van der Waals surface area contributed by atoms with Crippen LogP contribution in [-0.2, 0) is 0 Å². The van der Waals surface area contributed by atoms with Crippen LogP contribution in [0.25, 0.3) is 0 Å². The lowest BCUT2D eigenvalue weighted by atomic mass is 10.1. The number of nitrogens with one attached hydrogen (secondary N) is 1. The van der Waals surface area contributed by atoms with E-state index in [1.165, 1.54) is 5.56 Å². The lowest BCUT2D eigenvalue weighted by Crippen LogP contribution is -2.48. The third kappa shape index (κ3) is 5.07. The van der Waals surface area contributed by atoms with Crippen LogP contribution in [-0.4, -0.2) is 36.9 Å². The monoisotopic (exact) mass is 250 g/mol. The van der Waals surface area contributed by atoms with Gasteiger partial charge >= 0.3 is 0 Å². The molecule has 1 atom stereocenters. The van der Waals surface area contributed by atoms with E-state index in [4.69, 9.17) is 0 Å². The molecule has 0 aliphatic rings. The molecule has 0 saturated carbocycles. The third-order valence-electron chi connectivity index (χ3n) is 2.94. The molecule has 18 heavy (non-hydrogen) atoms. The number of hydrogen-bond donors (Lipinski definition) is 2. The fourth-order valence-corrected chi connectivity index (χ4v) is 1.88. The first-order valence-corrected chi connectivity index (χ1v) is 6.54. The van der Waals surface area contributed by atoms with Crippen LogP contribution in [0.5, 0.6) is 0 Å². The summed E-state index contributed by atoms with van der Waals surface area (Å²) >= 11 is 0. The highest BCUT2D eigenvalue weighted by Crippen LogP contribution is 2.16. The second-order valence-corrected chi connectivity index (χ2v) is 5.72. The van der Waals surface area contributed by atoms with Crippen LogP contribution in [0, 0.1) is 6.92 Å². The molecular weight excluding hydrogens is 224 g/mol. The van der Waals surface area contributed by atoms with Crippen LogP contribution in [0.2, 0.25) is 0 Å². The van der Waals surface area contributed by atoms with Crippen LogP contribution >= 0.6 is 0 Å². The van der Waals surface area contributed by atoms with E-state index in [1.807, 2.05) is 14.0 Å². The zero-order chi connectivity index (χ0) is 13.8. The zero-order valence-corrected chi connectivity index (χ0v) is 12.2. The molecule has 1 rings (SSSR count). The Hall–Kier alpha value is -1.06. The minimum absolute atomic E-state index is 0.390. The predicted octanol–water partition coefficient (Wildman–Crippen LogP) is 2.18. The van der Waals surface area contributed by atoms with Crippen molar-refractivity contribution in [2.75, 3.05) is 25.0 Å². The Morgan fingerprint density at radius 1 is 1.28 bits per heavy atom. The predicted molar refractivity (Wildman–Crippen MR) is 78.2 cm³/mol. The summed E-state index contributed by atoms with van der Waals surface area (Å²) < 4.78 is 0. The Bertz CT molecular complexity index is 357. The normalized spacial score (nSPS) is 14.6. The smallest absolute Gasteiger partial charge is 0.0917 e. The molecule has 0 bridgehead atoms. The quantitative estimate of drug-likeness (QED) is 0.812. The maximum atomic E-state index is 10.3. The fraction of sp³-hybridized carbons (Fsp3) is 0.600. The maximum Gasteiger partial charge on any atom is 0.0917 e. The first kappa shape index (κ1) is 15.0. The summed E-state index contributed by atoms with van der Waals surface area (Å²) in [6.07, 6.45) is 0. The Balaban J connectivity index is 2.57. The van der Waals surface area contributed by atoms with E-state index in [1.54, 1.807) is 0 Å². The van der Waals surface area contributed by atoms with Gasteiger partial charge < -0.3 is 15.3 Å². The average molecular weight is 250 g/mol. The van der Waals surface area contributed by atoms with Gasteiger partial charge in [0.15, 0.2) is 0 Å². The van der Waals surface area contributed by atoms with E-state index in [-0.39, 0.29) is 0 Å². The minimum atomic E-state index is -0.732. The maximum absolute atomic E-state index is 10.3. The molecule has 102 valence electrons. The number of hydrogen-bond acceptors (Lipinski definition) is 3. The molecule has 0 radical (unpaired) electrons. The second-order valence-electron chi connectivity index (χ2n) is 5.72. The van der Waals surface area contributed by atoms with Crippen molar-refractivity contribution in [3.05, 3.63) is 29.8 Å². The molecule has 3 heteroatoms. The molecule has 0 aliphatic heterocycles. The van der Waals surface area contributed by atoms with Gasteiger partial charge in [0.2, 0.25) is 0 Å². The van der Waals surface area contributed by atoms with Crippen LogP contribution < -0.4 is 10.2 Å². The van der Waals surface area contributed by atoms with Crippen molar-refractivity contribution in [3.8, 4) is 0 Å². The van der Waals surface area contributed by atoms with Crippen LogP contribution in [0.3, 0.4) is 0 Å². The van der Waals surface area contributed by atoms with E-state index in [0.29, 0.717) is 19.1 Å². The molecule has 0 saturated heterocycles. The molecule has 0 aliphatic carbocycles. The van der Waals surface area contributed by atoms with Gasteiger partial charge in [0, 0.05) is 31.9 Å². The van der Waals surface area contributed by atoms with Crippen LogP contribution in [0.15, 0.2) is 24.3 Å². The van der Waals surface area contributed by atoms with E-state index in [2.05, 4.69) is 55.3 Å². The number of likely N-dealkylation sites (N-methyl/N-ethyl adjacent to an activating group) is 1. The lowest BCUT2D eigenvalue weighted by molar-refractivity contribution is 0.0656. The molecule has 1 aromatic rings. The van der Waals surface area contributed by atoms with Gasteiger partial charge in [-0.1, -0.05) is 31.5 Å².